The summed E-state index contributed by atoms with van der Waals surface area (Å²) in [6.07, 6.45) is 3.10. The molecule has 0 aliphatic rings. The molecule has 0 spiro atoms. The van der Waals surface area contributed by atoms with E-state index in [0.717, 1.165) is 5.56 Å². The van der Waals surface area contributed by atoms with Gasteiger partial charge in [-0.3, -0.25) is 0 Å². The lowest BCUT2D eigenvalue weighted by Gasteiger charge is -1.90. The average Bonchev–Trinajstić information content (AvgIpc) is 2.15. The van der Waals surface area contributed by atoms with Gasteiger partial charge in [0.2, 0.25) is 0 Å². The predicted octanol–water partition coefficient (Wildman–Crippen LogP) is 2.10. The molecular formula is C10H6N2. The number of nitrogens with zero attached hydrogens (tertiary/aromatic N) is 2. The summed E-state index contributed by atoms with van der Waals surface area (Å²) >= 11 is 0. The topological polar surface area (TPSA) is 47.6 Å². The van der Waals surface area contributed by atoms with Gasteiger partial charge in [-0.05, 0) is 23.8 Å². The molecule has 0 atom stereocenters. The van der Waals surface area contributed by atoms with Crippen LogP contribution in [-0.4, -0.2) is 0 Å². The number of hydrogen-bond donors (Lipinski definition) is 0. The van der Waals surface area contributed by atoms with Crippen molar-refractivity contribution in [2.45, 2.75) is 0 Å². The van der Waals surface area contributed by atoms with Crippen LogP contribution < -0.4 is 0 Å². The Labute approximate surface area is 71.0 Å². The molecule has 0 aliphatic carbocycles. The van der Waals surface area contributed by atoms with Crippen LogP contribution in [0.5, 0.6) is 0 Å². The number of benzene rings is 1. The summed E-state index contributed by atoms with van der Waals surface area (Å²) in [5, 5.41) is 16.7. The van der Waals surface area contributed by atoms with Crippen molar-refractivity contribution in [3.8, 4) is 12.1 Å². The van der Waals surface area contributed by atoms with E-state index in [1.807, 2.05) is 12.1 Å². The highest BCUT2D eigenvalue weighted by Crippen LogP contribution is 2.04. The summed E-state index contributed by atoms with van der Waals surface area (Å²) in [5.74, 6) is 0. The first-order valence-corrected chi connectivity index (χ1v) is 3.43. The maximum Gasteiger partial charge on any atom is 0.0991 e. The molecule has 0 saturated heterocycles. The molecule has 0 fully saturated rings. The van der Waals surface area contributed by atoms with Crippen LogP contribution in [0.4, 0.5) is 0 Å². The minimum absolute atomic E-state index is 0.629. The summed E-state index contributed by atoms with van der Waals surface area (Å²) in [7, 11) is 0. The fourth-order valence-corrected chi connectivity index (χ4v) is 0.802. The zero-order valence-electron chi connectivity index (χ0n) is 6.36. The lowest BCUT2D eigenvalue weighted by molar-refractivity contribution is 1.48. The van der Waals surface area contributed by atoms with Gasteiger partial charge in [-0.25, -0.2) is 0 Å². The highest BCUT2D eigenvalue weighted by Gasteiger charge is 1.87. The molecule has 0 heterocycles. The normalized spacial score (nSPS) is 9.17. The van der Waals surface area contributed by atoms with E-state index in [0.29, 0.717) is 5.56 Å². The Balaban J connectivity index is 2.88. The van der Waals surface area contributed by atoms with E-state index in [1.54, 1.807) is 30.3 Å². The standard InChI is InChI=1S/C10H6N2/c11-7-1-2-9-3-5-10(8-12)6-4-9/h1-6H/b2-1+. The van der Waals surface area contributed by atoms with E-state index >= 15 is 0 Å². The molecule has 12 heavy (non-hydrogen) atoms. The van der Waals surface area contributed by atoms with Crippen molar-refractivity contribution in [1.29, 1.82) is 10.5 Å². The lowest BCUT2D eigenvalue weighted by Crippen LogP contribution is -1.74. The van der Waals surface area contributed by atoms with E-state index in [9.17, 15) is 0 Å². The van der Waals surface area contributed by atoms with Gasteiger partial charge in [0, 0.05) is 6.08 Å². The Morgan fingerprint density at radius 1 is 1.08 bits per heavy atom. The van der Waals surface area contributed by atoms with Crippen molar-refractivity contribution < 1.29 is 0 Å². The average molecular weight is 154 g/mol. The summed E-state index contributed by atoms with van der Waals surface area (Å²) < 4.78 is 0. The van der Waals surface area contributed by atoms with Crippen LogP contribution in [-0.2, 0) is 0 Å². The second-order valence-electron chi connectivity index (χ2n) is 2.20. The second kappa shape index (κ2) is 3.95. The Kier molecular flexibility index (Phi) is 2.65. The molecule has 0 aromatic heterocycles. The van der Waals surface area contributed by atoms with E-state index < -0.39 is 0 Å². The van der Waals surface area contributed by atoms with Gasteiger partial charge in [-0.15, -0.1) is 0 Å². The van der Waals surface area contributed by atoms with Crippen molar-refractivity contribution in [1.82, 2.24) is 0 Å². The van der Waals surface area contributed by atoms with Crippen LogP contribution in [0.25, 0.3) is 6.08 Å². The van der Waals surface area contributed by atoms with Gasteiger partial charge in [0.25, 0.3) is 0 Å². The third kappa shape index (κ3) is 1.97. The van der Waals surface area contributed by atoms with Gasteiger partial charge >= 0.3 is 0 Å². The number of nitriles is 2. The molecule has 0 radical (unpaired) electrons. The predicted molar refractivity (Wildman–Crippen MR) is 45.8 cm³/mol. The third-order valence-electron chi connectivity index (χ3n) is 1.39. The van der Waals surface area contributed by atoms with Gasteiger partial charge in [0.05, 0.1) is 17.7 Å². The first kappa shape index (κ1) is 8.04. The molecule has 0 aliphatic heterocycles. The Hall–Kier alpha value is -2.06. The molecule has 56 valence electrons. The first-order chi connectivity index (χ1) is 5.86. The van der Waals surface area contributed by atoms with Crippen molar-refractivity contribution in [2.75, 3.05) is 0 Å². The fraction of sp³-hybridized carbons (Fsp3) is 0. The quantitative estimate of drug-likeness (QED) is 0.581. The second-order valence-corrected chi connectivity index (χ2v) is 2.20. The smallest absolute Gasteiger partial charge is 0.0991 e. The fourth-order valence-electron chi connectivity index (χ4n) is 0.802. The monoisotopic (exact) mass is 154 g/mol. The van der Waals surface area contributed by atoms with Crippen LogP contribution >= 0.6 is 0 Å². The Morgan fingerprint density at radius 2 is 1.75 bits per heavy atom. The van der Waals surface area contributed by atoms with Crippen molar-refractivity contribution in [3.05, 3.63) is 41.5 Å². The Morgan fingerprint density at radius 3 is 2.25 bits per heavy atom. The van der Waals surface area contributed by atoms with Crippen LogP contribution in [0, 0.1) is 22.7 Å². The SMILES string of the molecule is N#C/C=C/c1ccc(C#N)cc1. The summed E-state index contributed by atoms with van der Waals surface area (Å²) in [6.45, 7) is 0. The third-order valence-corrected chi connectivity index (χ3v) is 1.39. The maximum atomic E-state index is 8.48. The van der Waals surface area contributed by atoms with Gasteiger partial charge in [0.1, 0.15) is 0 Å². The van der Waals surface area contributed by atoms with Crippen LogP contribution in [0.15, 0.2) is 30.3 Å². The maximum absolute atomic E-state index is 8.48. The van der Waals surface area contributed by atoms with E-state index in [4.69, 9.17) is 10.5 Å². The van der Waals surface area contributed by atoms with Crippen molar-refractivity contribution in [2.24, 2.45) is 0 Å². The highest BCUT2D eigenvalue weighted by atomic mass is 14.2. The minimum Gasteiger partial charge on any atom is -0.193 e. The van der Waals surface area contributed by atoms with Gasteiger partial charge in [-0.2, -0.15) is 10.5 Å². The molecule has 1 aromatic rings. The molecule has 1 aromatic carbocycles. The first-order valence-electron chi connectivity index (χ1n) is 3.43. The number of hydrogen-bond acceptors (Lipinski definition) is 2. The van der Waals surface area contributed by atoms with Crippen molar-refractivity contribution in [3.63, 3.8) is 0 Å². The van der Waals surface area contributed by atoms with E-state index in [1.165, 1.54) is 6.08 Å². The van der Waals surface area contributed by atoms with Crippen LogP contribution in [0.1, 0.15) is 11.1 Å². The molecule has 2 heteroatoms. The number of allylic oxidation sites excluding steroid dienone is 1. The molecule has 2 nitrogen and oxygen atoms in total. The zero-order valence-corrected chi connectivity index (χ0v) is 6.36. The zero-order chi connectivity index (χ0) is 8.81. The summed E-state index contributed by atoms with van der Waals surface area (Å²) in [4.78, 5) is 0. The number of rotatable bonds is 1. The van der Waals surface area contributed by atoms with Gasteiger partial charge in [-0.1, -0.05) is 12.1 Å². The summed E-state index contributed by atoms with van der Waals surface area (Å²) in [6, 6.07) is 11.0. The van der Waals surface area contributed by atoms with Gasteiger partial charge < -0.3 is 0 Å². The minimum atomic E-state index is 0.629. The molecule has 0 N–H and O–H groups in total. The van der Waals surface area contributed by atoms with E-state index in [2.05, 4.69) is 0 Å². The molecule has 0 unspecified atom stereocenters. The van der Waals surface area contributed by atoms with Crippen LogP contribution in [0.3, 0.4) is 0 Å². The van der Waals surface area contributed by atoms with Crippen molar-refractivity contribution >= 4 is 6.08 Å². The molecule has 1 rings (SSSR count). The van der Waals surface area contributed by atoms with Gasteiger partial charge in [0.15, 0.2) is 0 Å². The molecule has 0 saturated carbocycles. The highest BCUT2D eigenvalue weighted by molar-refractivity contribution is 5.52. The van der Waals surface area contributed by atoms with E-state index in [-0.39, 0.29) is 0 Å². The Bertz CT molecular complexity index is 360. The lowest BCUT2D eigenvalue weighted by atomic mass is 10.1. The molecule has 0 bridgehead atoms. The largest absolute Gasteiger partial charge is 0.193 e. The molecular weight excluding hydrogens is 148 g/mol. The molecule has 0 amide bonds. The summed E-state index contributed by atoms with van der Waals surface area (Å²) in [5.41, 5.74) is 1.56. The van der Waals surface area contributed by atoms with Crippen LogP contribution in [0.2, 0.25) is 0 Å².